The first-order valence-electron chi connectivity index (χ1n) is 6.92. The second kappa shape index (κ2) is 4.85. The number of rotatable bonds is 2. The molecule has 21 heavy (non-hydrogen) atoms. The maximum Gasteiger partial charge on any atom is 0.254 e. The molecular formula is C14H15N5O2. The first-order valence-corrected chi connectivity index (χ1v) is 6.92. The van der Waals surface area contributed by atoms with Crippen molar-refractivity contribution in [3.05, 3.63) is 30.2 Å². The van der Waals surface area contributed by atoms with Gasteiger partial charge < -0.3 is 14.1 Å². The standard InChI is InChI=1S/C14H15N5O2/c1-10-9-12(18-4-7-20-8-5-18)19-14(15-10)16-13(17-19)11-3-2-6-21-11/h2-3,6,9H,4-5,7-8H2,1H3. The number of aromatic nitrogens is 4. The predicted octanol–water partition coefficient (Wildman–Crippen LogP) is 1.53. The van der Waals surface area contributed by atoms with Crippen LogP contribution in [0, 0.1) is 6.92 Å². The van der Waals surface area contributed by atoms with Gasteiger partial charge in [-0.2, -0.15) is 9.50 Å². The molecule has 0 atom stereocenters. The van der Waals surface area contributed by atoms with Crippen LogP contribution in [0.5, 0.6) is 0 Å². The molecule has 1 aliphatic heterocycles. The van der Waals surface area contributed by atoms with E-state index in [4.69, 9.17) is 9.15 Å². The van der Waals surface area contributed by atoms with Crippen LogP contribution >= 0.6 is 0 Å². The molecule has 7 heteroatoms. The normalized spacial score (nSPS) is 15.8. The second-order valence-electron chi connectivity index (χ2n) is 4.98. The SMILES string of the molecule is Cc1cc(N2CCOCC2)n2nc(-c3ccco3)nc2n1. The van der Waals surface area contributed by atoms with Crippen molar-refractivity contribution in [2.24, 2.45) is 0 Å². The summed E-state index contributed by atoms with van der Waals surface area (Å²) in [5, 5.41) is 4.54. The number of furan rings is 1. The van der Waals surface area contributed by atoms with Gasteiger partial charge in [0.05, 0.1) is 19.5 Å². The van der Waals surface area contributed by atoms with Crippen LogP contribution in [0.15, 0.2) is 28.9 Å². The lowest BCUT2D eigenvalue weighted by Gasteiger charge is -2.28. The zero-order chi connectivity index (χ0) is 14.2. The molecule has 1 fully saturated rings. The van der Waals surface area contributed by atoms with Crippen LogP contribution in [0.1, 0.15) is 5.69 Å². The molecule has 108 valence electrons. The molecule has 0 N–H and O–H groups in total. The van der Waals surface area contributed by atoms with E-state index >= 15 is 0 Å². The molecule has 0 aliphatic carbocycles. The van der Waals surface area contributed by atoms with Crippen LogP contribution in [0.25, 0.3) is 17.4 Å². The van der Waals surface area contributed by atoms with Gasteiger partial charge in [0, 0.05) is 24.8 Å². The van der Waals surface area contributed by atoms with Crippen molar-refractivity contribution in [3.63, 3.8) is 0 Å². The summed E-state index contributed by atoms with van der Waals surface area (Å²) >= 11 is 0. The van der Waals surface area contributed by atoms with Gasteiger partial charge in [-0.15, -0.1) is 5.10 Å². The Morgan fingerprint density at radius 1 is 1.19 bits per heavy atom. The van der Waals surface area contributed by atoms with Crippen LogP contribution in [0.3, 0.4) is 0 Å². The quantitative estimate of drug-likeness (QED) is 0.711. The van der Waals surface area contributed by atoms with Gasteiger partial charge >= 0.3 is 0 Å². The van der Waals surface area contributed by atoms with E-state index in [2.05, 4.69) is 20.0 Å². The van der Waals surface area contributed by atoms with E-state index < -0.39 is 0 Å². The molecule has 0 unspecified atom stereocenters. The number of nitrogens with zero attached hydrogens (tertiary/aromatic N) is 5. The fourth-order valence-electron chi connectivity index (χ4n) is 2.50. The summed E-state index contributed by atoms with van der Waals surface area (Å²) in [7, 11) is 0. The number of anilines is 1. The minimum absolute atomic E-state index is 0.549. The fraction of sp³-hybridized carbons (Fsp3) is 0.357. The Balaban J connectivity index is 1.85. The van der Waals surface area contributed by atoms with Gasteiger partial charge in [0.15, 0.2) is 5.76 Å². The number of morpholine rings is 1. The molecule has 0 aromatic carbocycles. The molecule has 0 amide bonds. The molecule has 3 aromatic rings. The molecule has 4 rings (SSSR count). The van der Waals surface area contributed by atoms with Crippen molar-refractivity contribution < 1.29 is 9.15 Å². The zero-order valence-electron chi connectivity index (χ0n) is 11.7. The van der Waals surface area contributed by atoms with Gasteiger partial charge in [0.2, 0.25) is 5.82 Å². The summed E-state index contributed by atoms with van der Waals surface area (Å²) in [4.78, 5) is 11.2. The first-order chi connectivity index (χ1) is 10.3. The lowest BCUT2D eigenvalue weighted by molar-refractivity contribution is 0.122. The zero-order valence-corrected chi connectivity index (χ0v) is 11.7. The van der Waals surface area contributed by atoms with Crippen LogP contribution in [0.2, 0.25) is 0 Å². The number of aryl methyl sites for hydroxylation is 1. The molecular weight excluding hydrogens is 270 g/mol. The highest BCUT2D eigenvalue weighted by molar-refractivity contribution is 5.54. The van der Waals surface area contributed by atoms with Crippen molar-refractivity contribution in [3.8, 4) is 11.6 Å². The first kappa shape index (κ1) is 12.3. The number of ether oxygens (including phenoxy) is 1. The smallest absolute Gasteiger partial charge is 0.254 e. The predicted molar refractivity (Wildman–Crippen MR) is 76.3 cm³/mol. The van der Waals surface area contributed by atoms with E-state index in [0.29, 0.717) is 17.4 Å². The van der Waals surface area contributed by atoms with Crippen molar-refractivity contribution in [1.29, 1.82) is 0 Å². The highest BCUT2D eigenvalue weighted by atomic mass is 16.5. The van der Waals surface area contributed by atoms with Crippen molar-refractivity contribution >= 4 is 11.6 Å². The molecule has 4 heterocycles. The minimum Gasteiger partial charge on any atom is -0.461 e. The lowest BCUT2D eigenvalue weighted by Crippen LogP contribution is -2.37. The summed E-state index contributed by atoms with van der Waals surface area (Å²) < 4.78 is 12.5. The van der Waals surface area contributed by atoms with E-state index in [9.17, 15) is 0 Å². The van der Waals surface area contributed by atoms with E-state index in [1.54, 1.807) is 10.8 Å². The van der Waals surface area contributed by atoms with Gasteiger partial charge in [-0.1, -0.05) is 0 Å². The molecule has 1 saturated heterocycles. The van der Waals surface area contributed by atoms with Crippen LogP contribution in [-0.2, 0) is 4.74 Å². The topological polar surface area (TPSA) is 68.7 Å². The highest BCUT2D eigenvalue weighted by Gasteiger charge is 2.18. The van der Waals surface area contributed by atoms with Crippen molar-refractivity contribution in [2.45, 2.75) is 6.92 Å². The van der Waals surface area contributed by atoms with Gasteiger partial charge in [0.25, 0.3) is 5.78 Å². The average Bonchev–Trinajstić information content (AvgIpc) is 3.16. The largest absolute Gasteiger partial charge is 0.461 e. The average molecular weight is 285 g/mol. The summed E-state index contributed by atoms with van der Waals surface area (Å²) in [5.41, 5.74) is 0.919. The lowest BCUT2D eigenvalue weighted by atomic mass is 10.3. The number of fused-ring (bicyclic) bond motifs is 1. The Labute approximate surface area is 121 Å². The fourth-order valence-corrected chi connectivity index (χ4v) is 2.50. The monoisotopic (exact) mass is 285 g/mol. The van der Waals surface area contributed by atoms with Gasteiger partial charge in [-0.05, 0) is 19.1 Å². The third-order valence-electron chi connectivity index (χ3n) is 3.50. The maximum absolute atomic E-state index is 5.41. The van der Waals surface area contributed by atoms with E-state index in [-0.39, 0.29) is 0 Å². The third kappa shape index (κ3) is 2.15. The third-order valence-corrected chi connectivity index (χ3v) is 3.50. The minimum atomic E-state index is 0.549. The van der Waals surface area contributed by atoms with Gasteiger partial charge in [-0.25, -0.2) is 4.98 Å². The van der Waals surface area contributed by atoms with Crippen molar-refractivity contribution in [2.75, 3.05) is 31.2 Å². The Bertz CT molecular complexity index is 759. The molecule has 7 nitrogen and oxygen atoms in total. The van der Waals surface area contributed by atoms with Gasteiger partial charge in [-0.3, -0.25) is 0 Å². The number of hydrogen-bond donors (Lipinski definition) is 0. The number of hydrogen-bond acceptors (Lipinski definition) is 6. The molecule has 1 aliphatic rings. The molecule has 0 spiro atoms. The summed E-state index contributed by atoms with van der Waals surface area (Å²) in [6, 6.07) is 5.69. The summed E-state index contributed by atoms with van der Waals surface area (Å²) in [6.45, 7) is 5.10. The van der Waals surface area contributed by atoms with Gasteiger partial charge in [0.1, 0.15) is 5.82 Å². The molecule has 0 radical (unpaired) electrons. The van der Waals surface area contributed by atoms with E-state index in [1.165, 1.54) is 0 Å². The molecule has 0 saturated carbocycles. The second-order valence-corrected chi connectivity index (χ2v) is 4.98. The summed E-state index contributed by atoms with van der Waals surface area (Å²) in [5.74, 6) is 2.77. The Morgan fingerprint density at radius 2 is 2.05 bits per heavy atom. The maximum atomic E-state index is 5.41. The van der Waals surface area contributed by atoms with Crippen LogP contribution in [0.4, 0.5) is 5.82 Å². The Morgan fingerprint density at radius 3 is 2.81 bits per heavy atom. The summed E-state index contributed by atoms with van der Waals surface area (Å²) in [6.07, 6.45) is 1.61. The van der Waals surface area contributed by atoms with Crippen molar-refractivity contribution in [1.82, 2.24) is 19.6 Å². The molecule has 0 bridgehead atoms. The van der Waals surface area contributed by atoms with Crippen LogP contribution in [-0.4, -0.2) is 45.9 Å². The van der Waals surface area contributed by atoms with E-state index in [1.807, 2.05) is 25.1 Å². The Kier molecular flexibility index (Phi) is 2.85. The van der Waals surface area contributed by atoms with Crippen LogP contribution < -0.4 is 4.90 Å². The highest BCUT2D eigenvalue weighted by Crippen LogP contribution is 2.21. The molecule has 3 aromatic heterocycles. The van der Waals surface area contributed by atoms with E-state index in [0.717, 1.165) is 37.8 Å². The Hall–Kier alpha value is -2.41.